The van der Waals surface area contributed by atoms with E-state index >= 15 is 0 Å². The van der Waals surface area contributed by atoms with Gasteiger partial charge >= 0.3 is 0 Å². The summed E-state index contributed by atoms with van der Waals surface area (Å²) in [7, 11) is 0. The van der Waals surface area contributed by atoms with Gasteiger partial charge in [0.1, 0.15) is 11.9 Å². The van der Waals surface area contributed by atoms with Crippen molar-refractivity contribution in [2.75, 3.05) is 13.1 Å². The molecule has 0 saturated carbocycles. The zero-order valence-corrected chi connectivity index (χ0v) is 6.46. The van der Waals surface area contributed by atoms with E-state index in [1.807, 2.05) is 0 Å². The SMILES string of the molecule is Fc1ccc(OC2CNC2)cn1. The molecule has 12 heavy (non-hydrogen) atoms. The summed E-state index contributed by atoms with van der Waals surface area (Å²) in [5.41, 5.74) is 0. The van der Waals surface area contributed by atoms with Gasteiger partial charge in [0, 0.05) is 13.1 Å². The highest BCUT2D eigenvalue weighted by Crippen LogP contribution is 2.11. The van der Waals surface area contributed by atoms with Gasteiger partial charge in [-0.1, -0.05) is 0 Å². The van der Waals surface area contributed by atoms with Gasteiger partial charge < -0.3 is 10.1 Å². The van der Waals surface area contributed by atoms with E-state index in [9.17, 15) is 4.39 Å². The predicted octanol–water partition coefficient (Wildman–Crippen LogP) is 0.571. The van der Waals surface area contributed by atoms with E-state index in [0.29, 0.717) is 5.75 Å². The molecule has 1 aromatic rings. The average molecular weight is 168 g/mol. The van der Waals surface area contributed by atoms with Crippen LogP contribution < -0.4 is 10.1 Å². The van der Waals surface area contributed by atoms with E-state index in [-0.39, 0.29) is 6.10 Å². The van der Waals surface area contributed by atoms with Gasteiger partial charge in [-0.3, -0.25) is 0 Å². The summed E-state index contributed by atoms with van der Waals surface area (Å²) in [4.78, 5) is 3.48. The second kappa shape index (κ2) is 3.06. The van der Waals surface area contributed by atoms with Gasteiger partial charge in [-0.05, 0) is 12.1 Å². The standard InChI is InChI=1S/C8H9FN2O/c9-8-2-1-6(5-11-8)12-7-3-10-4-7/h1-2,5,7,10H,3-4H2. The average Bonchev–Trinajstić information content (AvgIpc) is 2.00. The lowest BCUT2D eigenvalue weighted by Crippen LogP contribution is -2.50. The van der Waals surface area contributed by atoms with Crippen molar-refractivity contribution in [3.63, 3.8) is 0 Å². The molecule has 0 amide bonds. The second-order valence-corrected chi connectivity index (χ2v) is 2.71. The van der Waals surface area contributed by atoms with Crippen LogP contribution in [0.25, 0.3) is 0 Å². The second-order valence-electron chi connectivity index (χ2n) is 2.71. The summed E-state index contributed by atoms with van der Waals surface area (Å²) < 4.78 is 17.8. The first-order chi connectivity index (χ1) is 5.84. The smallest absolute Gasteiger partial charge is 0.213 e. The molecule has 1 N–H and O–H groups in total. The molecule has 0 bridgehead atoms. The molecule has 1 aromatic heterocycles. The zero-order chi connectivity index (χ0) is 8.39. The molecule has 1 aliphatic rings. The molecule has 2 rings (SSSR count). The number of nitrogens with zero attached hydrogens (tertiary/aromatic N) is 1. The summed E-state index contributed by atoms with van der Waals surface area (Å²) >= 11 is 0. The minimum Gasteiger partial charge on any atom is -0.486 e. The quantitative estimate of drug-likeness (QED) is 0.655. The summed E-state index contributed by atoms with van der Waals surface area (Å²) in [5.74, 6) is 0.150. The first kappa shape index (κ1) is 7.49. The molecule has 4 heteroatoms. The van der Waals surface area contributed by atoms with Crippen molar-refractivity contribution in [1.29, 1.82) is 0 Å². The topological polar surface area (TPSA) is 34.1 Å². The molecule has 1 fully saturated rings. The molecule has 2 heterocycles. The first-order valence-electron chi connectivity index (χ1n) is 3.83. The Morgan fingerprint density at radius 3 is 2.83 bits per heavy atom. The highest BCUT2D eigenvalue weighted by atomic mass is 19.1. The number of hydrogen-bond donors (Lipinski definition) is 1. The van der Waals surface area contributed by atoms with Crippen molar-refractivity contribution in [3.05, 3.63) is 24.3 Å². The molecule has 1 saturated heterocycles. The summed E-state index contributed by atoms with van der Waals surface area (Å²) in [6.07, 6.45) is 1.62. The third kappa shape index (κ3) is 1.53. The fourth-order valence-corrected chi connectivity index (χ4v) is 0.970. The molecule has 1 aliphatic heterocycles. The van der Waals surface area contributed by atoms with E-state index < -0.39 is 5.95 Å². The third-order valence-corrected chi connectivity index (χ3v) is 1.75. The van der Waals surface area contributed by atoms with Crippen molar-refractivity contribution < 1.29 is 9.13 Å². The van der Waals surface area contributed by atoms with Gasteiger partial charge in [-0.15, -0.1) is 0 Å². The molecule has 0 atom stereocenters. The van der Waals surface area contributed by atoms with Crippen molar-refractivity contribution in [2.45, 2.75) is 6.10 Å². The number of hydrogen-bond acceptors (Lipinski definition) is 3. The number of halogens is 1. The fourth-order valence-electron chi connectivity index (χ4n) is 0.970. The van der Waals surface area contributed by atoms with Crippen molar-refractivity contribution in [2.24, 2.45) is 0 Å². The van der Waals surface area contributed by atoms with Crippen LogP contribution in [-0.4, -0.2) is 24.2 Å². The molecule has 64 valence electrons. The van der Waals surface area contributed by atoms with Gasteiger partial charge in [0.05, 0.1) is 6.20 Å². The van der Waals surface area contributed by atoms with E-state index in [1.54, 1.807) is 6.07 Å². The molecular formula is C8H9FN2O. The summed E-state index contributed by atoms with van der Waals surface area (Å²) in [6.45, 7) is 1.72. The van der Waals surface area contributed by atoms with Crippen LogP contribution in [0.5, 0.6) is 5.75 Å². The maximum absolute atomic E-state index is 12.3. The Morgan fingerprint density at radius 2 is 2.33 bits per heavy atom. The summed E-state index contributed by atoms with van der Waals surface area (Å²) in [6, 6.07) is 2.88. The molecule has 0 radical (unpaired) electrons. The lowest BCUT2D eigenvalue weighted by molar-refractivity contribution is 0.141. The van der Waals surface area contributed by atoms with Crippen LogP contribution in [0.3, 0.4) is 0 Å². The predicted molar refractivity (Wildman–Crippen MR) is 41.5 cm³/mol. The van der Waals surface area contributed by atoms with Gasteiger partial charge in [-0.25, -0.2) is 4.98 Å². The van der Waals surface area contributed by atoms with E-state index in [4.69, 9.17) is 4.74 Å². The van der Waals surface area contributed by atoms with Crippen LogP contribution in [-0.2, 0) is 0 Å². The maximum Gasteiger partial charge on any atom is 0.213 e. The molecule has 0 aliphatic carbocycles. The molecular weight excluding hydrogens is 159 g/mol. The molecule has 0 aromatic carbocycles. The Morgan fingerprint density at radius 1 is 1.50 bits per heavy atom. The monoisotopic (exact) mass is 168 g/mol. The number of ether oxygens (including phenoxy) is 1. The van der Waals surface area contributed by atoms with Crippen LogP contribution in [0.15, 0.2) is 18.3 Å². The lowest BCUT2D eigenvalue weighted by Gasteiger charge is -2.27. The Balaban J connectivity index is 1.98. The molecule has 0 spiro atoms. The van der Waals surface area contributed by atoms with Gasteiger partial charge in [0.25, 0.3) is 0 Å². The van der Waals surface area contributed by atoms with Crippen LogP contribution in [0, 0.1) is 5.95 Å². The van der Waals surface area contributed by atoms with Crippen molar-refractivity contribution in [3.8, 4) is 5.75 Å². The van der Waals surface area contributed by atoms with Gasteiger partial charge in [0.2, 0.25) is 5.95 Å². The molecule has 3 nitrogen and oxygen atoms in total. The molecule has 0 unspecified atom stereocenters. The Bertz CT molecular complexity index is 258. The normalized spacial score (nSPS) is 17.1. The Labute approximate surface area is 69.6 Å². The van der Waals surface area contributed by atoms with E-state index in [1.165, 1.54) is 12.3 Å². The van der Waals surface area contributed by atoms with Crippen LogP contribution in [0.2, 0.25) is 0 Å². The highest BCUT2D eigenvalue weighted by molar-refractivity contribution is 5.17. The third-order valence-electron chi connectivity index (χ3n) is 1.75. The number of pyridine rings is 1. The number of aromatic nitrogens is 1. The first-order valence-corrected chi connectivity index (χ1v) is 3.83. The van der Waals surface area contributed by atoms with E-state index in [2.05, 4.69) is 10.3 Å². The van der Waals surface area contributed by atoms with Gasteiger partial charge in [-0.2, -0.15) is 4.39 Å². The lowest BCUT2D eigenvalue weighted by atomic mass is 10.2. The van der Waals surface area contributed by atoms with Crippen LogP contribution >= 0.6 is 0 Å². The summed E-state index contributed by atoms with van der Waals surface area (Å²) in [5, 5.41) is 3.07. The minimum absolute atomic E-state index is 0.220. The highest BCUT2D eigenvalue weighted by Gasteiger charge is 2.17. The number of rotatable bonds is 2. The zero-order valence-electron chi connectivity index (χ0n) is 6.46. The Hall–Kier alpha value is -1.16. The largest absolute Gasteiger partial charge is 0.486 e. The van der Waals surface area contributed by atoms with Crippen molar-refractivity contribution >= 4 is 0 Å². The van der Waals surface area contributed by atoms with Crippen LogP contribution in [0.4, 0.5) is 4.39 Å². The fraction of sp³-hybridized carbons (Fsp3) is 0.375. The maximum atomic E-state index is 12.3. The van der Waals surface area contributed by atoms with Gasteiger partial charge in [0.15, 0.2) is 0 Å². The minimum atomic E-state index is -0.478. The Kier molecular flexibility index (Phi) is 1.91. The number of nitrogens with one attached hydrogen (secondary N) is 1. The van der Waals surface area contributed by atoms with Crippen LogP contribution in [0.1, 0.15) is 0 Å². The van der Waals surface area contributed by atoms with E-state index in [0.717, 1.165) is 13.1 Å². The van der Waals surface area contributed by atoms with Crippen molar-refractivity contribution in [1.82, 2.24) is 10.3 Å².